The van der Waals surface area contributed by atoms with Gasteiger partial charge in [0.1, 0.15) is 0 Å². The van der Waals surface area contributed by atoms with Gasteiger partial charge in [-0.1, -0.05) is 18.6 Å². The van der Waals surface area contributed by atoms with Gasteiger partial charge in [-0.3, -0.25) is 0 Å². The van der Waals surface area contributed by atoms with Crippen LogP contribution in [0.25, 0.3) is 0 Å². The normalized spacial score (nSPS) is 24.7. The smallest absolute Gasteiger partial charge is 0.223 e. The number of anilines is 1. The van der Waals surface area contributed by atoms with E-state index in [4.69, 9.17) is 0 Å². The third-order valence-electron chi connectivity index (χ3n) is 4.45. The summed E-state index contributed by atoms with van der Waals surface area (Å²) >= 11 is 0. The number of benzene rings is 1. The van der Waals surface area contributed by atoms with Crippen molar-refractivity contribution in [3.05, 3.63) is 29.8 Å². The molecule has 3 rings (SSSR count). The van der Waals surface area contributed by atoms with Gasteiger partial charge >= 0.3 is 0 Å². The van der Waals surface area contributed by atoms with Crippen molar-refractivity contribution < 1.29 is 4.58 Å². The third kappa shape index (κ3) is 1.94. The lowest BCUT2D eigenvalue weighted by molar-refractivity contribution is -0.596. The Labute approximate surface area is 110 Å². The molecule has 0 saturated heterocycles. The quantitative estimate of drug-likeness (QED) is 0.745. The predicted octanol–water partition coefficient (Wildman–Crippen LogP) is 3.61. The lowest BCUT2D eigenvalue weighted by Crippen LogP contribution is -2.45. The van der Waals surface area contributed by atoms with Gasteiger partial charge in [-0.2, -0.15) is 0 Å². The molecule has 18 heavy (non-hydrogen) atoms. The van der Waals surface area contributed by atoms with E-state index in [-0.39, 0.29) is 0 Å². The third-order valence-corrected chi connectivity index (χ3v) is 4.45. The summed E-state index contributed by atoms with van der Waals surface area (Å²) in [6.45, 7) is 4.57. The van der Waals surface area contributed by atoms with Crippen molar-refractivity contribution >= 4 is 11.4 Å². The van der Waals surface area contributed by atoms with Gasteiger partial charge in [0.15, 0.2) is 11.8 Å². The summed E-state index contributed by atoms with van der Waals surface area (Å²) in [6.07, 6.45) is 7.33. The van der Waals surface area contributed by atoms with E-state index in [1.165, 1.54) is 49.1 Å². The van der Waals surface area contributed by atoms with Crippen LogP contribution in [0.15, 0.2) is 24.3 Å². The highest BCUT2D eigenvalue weighted by Gasteiger charge is 2.34. The number of fused-ring (bicyclic) bond motifs is 1. The van der Waals surface area contributed by atoms with Gasteiger partial charge in [-0.05, 0) is 25.0 Å². The summed E-state index contributed by atoms with van der Waals surface area (Å²) in [7, 11) is 0. The van der Waals surface area contributed by atoms with E-state index < -0.39 is 0 Å². The van der Waals surface area contributed by atoms with Gasteiger partial charge in [0.2, 0.25) is 6.17 Å². The SMILES string of the molecule is CC1=[N+](C2CCCCC2)C(C)Nc2ccccc21. The van der Waals surface area contributed by atoms with Crippen LogP contribution in [0.3, 0.4) is 0 Å². The van der Waals surface area contributed by atoms with Gasteiger partial charge in [-0.25, -0.2) is 4.58 Å². The largest absolute Gasteiger partial charge is 0.328 e. The minimum absolute atomic E-state index is 0.419. The van der Waals surface area contributed by atoms with Crippen molar-refractivity contribution in [2.24, 2.45) is 0 Å². The fraction of sp³-hybridized carbons (Fsp3) is 0.562. The average molecular weight is 243 g/mol. The monoisotopic (exact) mass is 243 g/mol. The van der Waals surface area contributed by atoms with Gasteiger partial charge in [0, 0.05) is 26.7 Å². The first-order valence-corrected chi connectivity index (χ1v) is 7.25. The first-order chi connectivity index (χ1) is 8.77. The number of hydrogen-bond acceptors (Lipinski definition) is 1. The number of nitrogens with zero attached hydrogens (tertiary/aromatic N) is 1. The van der Waals surface area contributed by atoms with Gasteiger partial charge in [-0.15, -0.1) is 0 Å². The van der Waals surface area contributed by atoms with Crippen LogP contribution in [-0.4, -0.2) is 22.5 Å². The van der Waals surface area contributed by atoms with Crippen LogP contribution < -0.4 is 5.32 Å². The zero-order valence-electron chi connectivity index (χ0n) is 11.4. The Balaban J connectivity index is 2.01. The minimum atomic E-state index is 0.419. The standard InChI is InChI=1S/C16H22N2/c1-12-15-10-6-7-11-16(15)17-13(2)18(12)14-8-4-3-5-9-14/h6-7,10-11,13-14H,3-5,8-9H2,1-2H3/p+1. The molecule has 0 radical (unpaired) electrons. The Morgan fingerprint density at radius 2 is 1.83 bits per heavy atom. The molecular formula is C16H23N2+. The molecule has 1 aliphatic carbocycles. The van der Waals surface area contributed by atoms with Gasteiger partial charge in [0.25, 0.3) is 0 Å². The summed E-state index contributed by atoms with van der Waals surface area (Å²) in [5.41, 5.74) is 4.11. The van der Waals surface area contributed by atoms with Crippen molar-refractivity contribution in [3.63, 3.8) is 0 Å². The Bertz CT molecular complexity index is 470. The van der Waals surface area contributed by atoms with E-state index in [9.17, 15) is 0 Å². The van der Waals surface area contributed by atoms with E-state index in [1.807, 2.05) is 0 Å². The molecule has 2 heteroatoms. The predicted molar refractivity (Wildman–Crippen MR) is 76.4 cm³/mol. The molecule has 1 N–H and O–H groups in total. The van der Waals surface area contributed by atoms with Crippen LogP contribution in [0, 0.1) is 0 Å². The molecule has 1 heterocycles. The second-order valence-corrected chi connectivity index (χ2v) is 5.65. The molecule has 1 saturated carbocycles. The molecule has 1 aromatic carbocycles. The lowest BCUT2D eigenvalue weighted by atomic mass is 9.93. The average Bonchev–Trinajstić information content (AvgIpc) is 2.40. The van der Waals surface area contributed by atoms with E-state index in [1.54, 1.807) is 0 Å². The van der Waals surface area contributed by atoms with E-state index in [0.29, 0.717) is 6.17 Å². The molecule has 1 atom stereocenters. The van der Waals surface area contributed by atoms with Crippen molar-refractivity contribution in [2.75, 3.05) is 5.32 Å². The Morgan fingerprint density at radius 3 is 2.61 bits per heavy atom. The summed E-state index contributed by atoms with van der Waals surface area (Å²) in [5, 5.41) is 3.64. The summed E-state index contributed by atoms with van der Waals surface area (Å²) in [6, 6.07) is 9.41. The zero-order valence-corrected chi connectivity index (χ0v) is 11.4. The van der Waals surface area contributed by atoms with Gasteiger partial charge < -0.3 is 5.32 Å². The van der Waals surface area contributed by atoms with Crippen molar-refractivity contribution in [1.29, 1.82) is 0 Å². The molecule has 96 valence electrons. The topological polar surface area (TPSA) is 15.0 Å². The fourth-order valence-corrected chi connectivity index (χ4v) is 3.60. The zero-order chi connectivity index (χ0) is 12.5. The highest BCUT2D eigenvalue weighted by atomic mass is 15.2. The number of nitrogens with one attached hydrogen (secondary N) is 1. The van der Waals surface area contributed by atoms with Crippen LogP contribution in [0.1, 0.15) is 51.5 Å². The van der Waals surface area contributed by atoms with E-state index in [2.05, 4.69) is 48.0 Å². The molecule has 0 amide bonds. The Morgan fingerprint density at radius 1 is 1.11 bits per heavy atom. The van der Waals surface area contributed by atoms with Crippen LogP contribution in [0.2, 0.25) is 0 Å². The number of para-hydroxylation sites is 1. The van der Waals surface area contributed by atoms with E-state index >= 15 is 0 Å². The first kappa shape index (κ1) is 11.8. The molecule has 0 aromatic heterocycles. The lowest BCUT2D eigenvalue weighted by Gasteiger charge is -2.30. The Hall–Kier alpha value is -1.31. The molecule has 1 aliphatic heterocycles. The number of hydrogen-bond donors (Lipinski definition) is 1. The Kier molecular flexibility index (Phi) is 3.11. The minimum Gasteiger partial charge on any atom is -0.328 e. The van der Waals surface area contributed by atoms with Crippen molar-refractivity contribution in [1.82, 2.24) is 0 Å². The van der Waals surface area contributed by atoms with Crippen LogP contribution in [0.5, 0.6) is 0 Å². The highest BCUT2D eigenvalue weighted by Crippen LogP contribution is 2.27. The van der Waals surface area contributed by atoms with Crippen molar-refractivity contribution in [3.8, 4) is 0 Å². The van der Waals surface area contributed by atoms with Crippen LogP contribution >= 0.6 is 0 Å². The maximum absolute atomic E-state index is 3.64. The van der Waals surface area contributed by atoms with Crippen LogP contribution in [0.4, 0.5) is 5.69 Å². The molecular weight excluding hydrogens is 220 g/mol. The second kappa shape index (κ2) is 4.75. The van der Waals surface area contributed by atoms with Gasteiger partial charge in [0.05, 0.1) is 11.3 Å². The second-order valence-electron chi connectivity index (χ2n) is 5.65. The molecule has 1 aromatic rings. The maximum atomic E-state index is 3.64. The number of rotatable bonds is 1. The molecule has 2 aliphatic rings. The highest BCUT2D eigenvalue weighted by molar-refractivity contribution is 6.01. The first-order valence-electron chi connectivity index (χ1n) is 7.25. The molecule has 0 spiro atoms. The molecule has 1 fully saturated rings. The van der Waals surface area contributed by atoms with Crippen LogP contribution in [-0.2, 0) is 0 Å². The van der Waals surface area contributed by atoms with Crippen molar-refractivity contribution in [2.45, 2.75) is 58.2 Å². The summed E-state index contributed by atoms with van der Waals surface area (Å²) in [4.78, 5) is 0. The molecule has 0 bridgehead atoms. The molecule has 2 nitrogen and oxygen atoms in total. The summed E-state index contributed by atoms with van der Waals surface area (Å²) in [5.74, 6) is 0. The molecule has 1 unspecified atom stereocenters. The van der Waals surface area contributed by atoms with E-state index in [0.717, 1.165) is 6.04 Å². The maximum Gasteiger partial charge on any atom is 0.223 e. The fourth-order valence-electron chi connectivity index (χ4n) is 3.60. The summed E-state index contributed by atoms with van der Waals surface area (Å²) < 4.78 is 2.61.